The van der Waals surface area contributed by atoms with E-state index in [0.717, 1.165) is 5.69 Å². The highest BCUT2D eigenvalue weighted by atomic mass is 14.6. The zero-order valence-corrected chi connectivity index (χ0v) is 9.69. The first-order valence-corrected chi connectivity index (χ1v) is 5.84. The number of hydrogen-bond donors (Lipinski definition) is 0. The fourth-order valence-corrected chi connectivity index (χ4v) is 2.00. The number of allylic oxidation sites excluding steroid dienone is 5. The summed E-state index contributed by atoms with van der Waals surface area (Å²) in [7, 11) is 0. The monoisotopic (exact) mass is 211 g/mol. The SMILES string of the molecule is C/C=C/C=C1/CCC/C1=C/c1ccccn1. The van der Waals surface area contributed by atoms with Crippen LogP contribution in [0.15, 0.2) is 53.8 Å². The molecule has 0 spiro atoms. The lowest BCUT2D eigenvalue weighted by Crippen LogP contribution is -1.82. The number of aromatic nitrogens is 1. The molecule has 0 aromatic carbocycles. The van der Waals surface area contributed by atoms with Gasteiger partial charge in [-0.05, 0) is 55.5 Å². The Balaban J connectivity index is 2.23. The van der Waals surface area contributed by atoms with E-state index in [1.54, 1.807) is 0 Å². The van der Waals surface area contributed by atoms with Gasteiger partial charge in [0, 0.05) is 6.20 Å². The second-order valence-corrected chi connectivity index (χ2v) is 4.00. The van der Waals surface area contributed by atoms with Gasteiger partial charge in [-0.2, -0.15) is 0 Å². The number of nitrogens with zero attached hydrogens (tertiary/aromatic N) is 1. The van der Waals surface area contributed by atoms with Gasteiger partial charge in [0.25, 0.3) is 0 Å². The third-order valence-corrected chi connectivity index (χ3v) is 2.80. The average molecular weight is 211 g/mol. The van der Waals surface area contributed by atoms with E-state index in [9.17, 15) is 0 Å². The average Bonchev–Trinajstić information content (AvgIpc) is 2.75. The van der Waals surface area contributed by atoms with Crippen LogP contribution in [0.1, 0.15) is 31.9 Å². The van der Waals surface area contributed by atoms with E-state index in [4.69, 9.17) is 0 Å². The van der Waals surface area contributed by atoms with Gasteiger partial charge in [0.2, 0.25) is 0 Å². The maximum absolute atomic E-state index is 4.34. The molecule has 1 heteroatoms. The first kappa shape index (κ1) is 10.9. The summed E-state index contributed by atoms with van der Waals surface area (Å²) >= 11 is 0. The Morgan fingerprint density at radius 2 is 2.06 bits per heavy atom. The molecule has 1 aromatic heterocycles. The van der Waals surface area contributed by atoms with Crippen molar-refractivity contribution in [3.05, 3.63) is 59.5 Å². The molecule has 2 rings (SSSR count). The number of pyridine rings is 1. The molecule has 0 amide bonds. The van der Waals surface area contributed by atoms with E-state index < -0.39 is 0 Å². The molecular formula is C15H17N. The molecule has 1 fully saturated rings. The highest BCUT2D eigenvalue weighted by Gasteiger charge is 2.12. The van der Waals surface area contributed by atoms with Crippen molar-refractivity contribution >= 4 is 6.08 Å². The third-order valence-electron chi connectivity index (χ3n) is 2.80. The summed E-state index contributed by atoms with van der Waals surface area (Å²) in [6.07, 6.45) is 14.1. The van der Waals surface area contributed by atoms with Crippen LogP contribution in [0.5, 0.6) is 0 Å². The fraction of sp³-hybridized carbons (Fsp3) is 0.267. The van der Waals surface area contributed by atoms with E-state index >= 15 is 0 Å². The van der Waals surface area contributed by atoms with Crippen molar-refractivity contribution in [1.29, 1.82) is 0 Å². The zero-order valence-electron chi connectivity index (χ0n) is 9.69. The van der Waals surface area contributed by atoms with Gasteiger partial charge in [-0.15, -0.1) is 0 Å². The van der Waals surface area contributed by atoms with E-state index in [-0.39, 0.29) is 0 Å². The summed E-state index contributed by atoms with van der Waals surface area (Å²) in [4.78, 5) is 4.34. The van der Waals surface area contributed by atoms with Gasteiger partial charge in [0.1, 0.15) is 0 Å². The lowest BCUT2D eigenvalue weighted by Gasteiger charge is -1.99. The lowest BCUT2D eigenvalue weighted by atomic mass is 10.1. The Kier molecular flexibility index (Phi) is 3.71. The minimum atomic E-state index is 1.06. The third kappa shape index (κ3) is 2.69. The van der Waals surface area contributed by atoms with Crippen molar-refractivity contribution in [3.8, 4) is 0 Å². The highest BCUT2D eigenvalue weighted by molar-refractivity contribution is 5.57. The molecule has 82 valence electrons. The van der Waals surface area contributed by atoms with E-state index in [1.807, 2.05) is 25.3 Å². The summed E-state index contributed by atoms with van der Waals surface area (Å²) in [6.45, 7) is 2.05. The molecule has 1 heterocycles. The van der Waals surface area contributed by atoms with Gasteiger partial charge in [-0.3, -0.25) is 4.98 Å². The molecule has 0 aliphatic heterocycles. The summed E-state index contributed by atoms with van der Waals surface area (Å²) in [5.41, 5.74) is 3.96. The normalized spacial score (nSPS) is 21.3. The molecule has 1 saturated carbocycles. The number of rotatable bonds is 2. The summed E-state index contributed by atoms with van der Waals surface area (Å²) in [6, 6.07) is 6.04. The molecule has 0 bridgehead atoms. The second-order valence-electron chi connectivity index (χ2n) is 4.00. The van der Waals surface area contributed by atoms with Crippen LogP contribution in [-0.4, -0.2) is 4.98 Å². The Morgan fingerprint density at radius 3 is 2.81 bits per heavy atom. The van der Waals surface area contributed by atoms with Crippen molar-refractivity contribution in [3.63, 3.8) is 0 Å². The van der Waals surface area contributed by atoms with Crippen LogP contribution in [-0.2, 0) is 0 Å². The van der Waals surface area contributed by atoms with Crippen LogP contribution in [0.25, 0.3) is 6.08 Å². The van der Waals surface area contributed by atoms with Crippen LogP contribution in [0.3, 0.4) is 0 Å². The van der Waals surface area contributed by atoms with E-state index in [0.29, 0.717) is 0 Å². The summed E-state index contributed by atoms with van der Waals surface area (Å²) in [5, 5.41) is 0. The number of hydrogen-bond acceptors (Lipinski definition) is 1. The Labute approximate surface area is 97.2 Å². The van der Waals surface area contributed by atoms with Crippen molar-refractivity contribution in [2.24, 2.45) is 0 Å². The molecule has 1 aromatic rings. The van der Waals surface area contributed by atoms with Crippen molar-refractivity contribution in [1.82, 2.24) is 4.98 Å². The minimum absolute atomic E-state index is 1.06. The predicted molar refractivity (Wildman–Crippen MR) is 69.0 cm³/mol. The predicted octanol–water partition coefficient (Wildman–Crippen LogP) is 4.15. The van der Waals surface area contributed by atoms with Gasteiger partial charge in [0.05, 0.1) is 5.69 Å². The van der Waals surface area contributed by atoms with E-state index in [2.05, 4.69) is 35.4 Å². The molecule has 0 radical (unpaired) electrons. The van der Waals surface area contributed by atoms with E-state index in [1.165, 1.54) is 30.4 Å². The van der Waals surface area contributed by atoms with Gasteiger partial charge in [-0.1, -0.05) is 24.3 Å². The van der Waals surface area contributed by atoms with Gasteiger partial charge >= 0.3 is 0 Å². The Hall–Kier alpha value is -1.63. The largest absolute Gasteiger partial charge is 0.257 e. The topological polar surface area (TPSA) is 12.9 Å². The molecule has 0 atom stereocenters. The molecule has 1 aliphatic rings. The maximum Gasteiger partial charge on any atom is 0.0632 e. The first-order chi connectivity index (χ1) is 7.90. The molecule has 1 aliphatic carbocycles. The first-order valence-electron chi connectivity index (χ1n) is 5.84. The second kappa shape index (κ2) is 5.45. The molecule has 0 N–H and O–H groups in total. The quantitative estimate of drug-likeness (QED) is 0.716. The van der Waals surface area contributed by atoms with Crippen LogP contribution >= 0.6 is 0 Å². The molecule has 0 unspecified atom stereocenters. The van der Waals surface area contributed by atoms with Crippen molar-refractivity contribution in [2.45, 2.75) is 26.2 Å². The van der Waals surface area contributed by atoms with Gasteiger partial charge in [0.15, 0.2) is 0 Å². The van der Waals surface area contributed by atoms with Crippen molar-refractivity contribution in [2.75, 3.05) is 0 Å². The maximum atomic E-state index is 4.34. The van der Waals surface area contributed by atoms with Gasteiger partial charge < -0.3 is 0 Å². The molecular weight excluding hydrogens is 194 g/mol. The van der Waals surface area contributed by atoms with Crippen LogP contribution in [0, 0.1) is 0 Å². The van der Waals surface area contributed by atoms with Crippen LogP contribution < -0.4 is 0 Å². The smallest absolute Gasteiger partial charge is 0.0632 e. The zero-order chi connectivity index (χ0) is 11.2. The minimum Gasteiger partial charge on any atom is -0.257 e. The summed E-state index contributed by atoms with van der Waals surface area (Å²) < 4.78 is 0. The van der Waals surface area contributed by atoms with Crippen LogP contribution in [0.2, 0.25) is 0 Å². The molecule has 0 saturated heterocycles. The summed E-state index contributed by atoms with van der Waals surface area (Å²) in [5.74, 6) is 0. The highest BCUT2D eigenvalue weighted by Crippen LogP contribution is 2.31. The van der Waals surface area contributed by atoms with Crippen LogP contribution in [0.4, 0.5) is 0 Å². The fourth-order valence-electron chi connectivity index (χ4n) is 2.00. The van der Waals surface area contributed by atoms with Gasteiger partial charge in [-0.25, -0.2) is 0 Å². The molecule has 16 heavy (non-hydrogen) atoms. The van der Waals surface area contributed by atoms with Crippen molar-refractivity contribution < 1.29 is 0 Å². The lowest BCUT2D eigenvalue weighted by molar-refractivity contribution is 0.933. The Morgan fingerprint density at radius 1 is 1.19 bits per heavy atom. The molecule has 1 nitrogen and oxygen atoms in total. The standard InChI is InChI=1S/C15H17N/c1-2-3-7-13-8-6-9-14(13)12-15-10-4-5-11-16-15/h2-5,7,10-12H,6,8-9H2,1H3/b3-2+,13-7-,14-12-. The Bertz CT molecular complexity index is 424.